The Morgan fingerprint density at radius 3 is 2.88 bits per heavy atom. The van der Waals surface area contributed by atoms with Gasteiger partial charge < -0.3 is 5.32 Å². The molecular weight excluding hydrogens is 216 g/mol. The topological polar surface area (TPSA) is 24.9 Å². The largest absolute Gasteiger partial charge is 0.306 e. The van der Waals surface area contributed by atoms with E-state index in [-0.39, 0.29) is 0 Å². The summed E-state index contributed by atoms with van der Waals surface area (Å²) in [5.41, 5.74) is 1.23. The number of aromatic nitrogens is 1. The van der Waals surface area contributed by atoms with Crippen LogP contribution >= 0.6 is 11.3 Å². The van der Waals surface area contributed by atoms with Crippen molar-refractivity contribution < 1.29 is 0 Å². The summed E-state index contributed by atoms with van der Waals surface area (Å²) < 4.78 is 0. The molecule has 1 N–H and O–H groups in total. The first-order valence-electron chi connectivity index (χ1n) is 6.40. The van der Waals surface area contributed by atoms with Crippen LogP contribution in [-0.4, -0.2) is 11.0 Å². The van der Waals surface area contributed by atoms with Gasteiger partial charge in [0.15, 0.2) is 0 Å². The van der Waals surface area contributed by atoms with E-state index in [1.54, 1.807) is 11.3 Å². The molecule has 4 unspecified atom stereocenters. The Hall–Kier alpha value is -0.410. The van der Waals surface area contributed by atoms with E-state index >= 15 is 0 Å². The lowest BCUT2D eigenvalue weighted by molar-refractivity contribution is 0.325. The minimum atomic E-state index is 0.425. The van der Waals surface area contributed by atoms with Gasteiger partial charge in [0.2, 0.25) is 0 Å². The van der Waals surface area contributed by atoms with Gasteiger partial charge in [-0.3, -0.25) is 0 Å². The molecule has 3 heteroatoms. The maximum atomic E-state index is 4.57. The van der Waals surface area contributed by atoms with Crippen molar-refractivity contribution in [3.63, 3.8) is 0 Å². The highest BCUT2D eigenvalue weighted by atomic mass is 32.1. The van der Waals surface area contributed by atoms with Crippen LogP contribution in [-0.2, 0) is 0 Å². The van der Waals surface area contributed by atoms with Gasteiger partial charge in [-0.25, -0.2) is 4.98 Å². The highest BCUT2D eigenvalue weighted by Gasteiger charge is 2.39. The second-order valence-electron chi connectivity index (χ2n) is 5.46. The van der Waals surface area contributed by atoms with E-state index in [1.807, 2.05) is 0 Å². The molecule has 0 radical (unpaired) electrons. The number of thiazole rings is 1. The van der Waals surface area contributed by atoms with Crippen molar-refractivity contribution in [2.24, 2.45) is 11.8 Å². The molecule has 4 atom stereocenters. The van der Waals surface area contributed by atoms with Gasteiger partial charge in [-0.05, 0) is 44.9 Å². The summed E-state index contributed by atoms with van der Waals surface area (Å²) in [5.74, 6) is 1.97. The molecular formula is C13H20N2S. The zero-order valence-corrected chi connectivity index (χ0v) is 10.9. The second kappa shape index (κ2) is 4.11. The number of fused-ring (bicyclic) bond motifs is 2. The Morgan fingerprint density at radius 2 is 2.31 bits per heavy atom. The van der Waals surface area contributed by atoms with Gasteiger partial charge in [-0.1, -0.05) is 6.42 Å². The number of nitrogens with zero attached hydrogens (tertiary/aromatic N) is 1. The van der Waals surface area contributed by atoms with Crippen molar-refractivity contribution in [3.8, 4) is 0 Å². The summed E-state index contributed by atoms with van der Waals surface area (Å²) in [7, 11) is 0. The van der Waals surface area contributed by atoms with Crippen LogP contribution in [0.5, 0.6) is 0 Å². The summed E-state index contributed by atoms with van der Waals surface area (Å²) in [4.78, 5) is 4.57. The van der Waals surface area contributed by atoms with Crippen LogP contribution in [0.3, 0.4) is 0 Å². The van der Waals surface area contributed by atoms with Gasteiger partial charge in [0.25, 0.3) is 0 Å². The standard InChI is InChI=1S/C13H20N2S/c1-8(13-7-16-9(2)15-13)14-12-6-10-3-4-11(12)5-10/h7-8,10-12,14H,3-6H2,1-2H3. The first-order valence-corrected chi connectivity index (χ1v) is 7.28. The molecule has 0 amide bonds. The average molecular weight is 236 g/mol. The SMILES string of the molecule is Cc1nc(C(C)NC2CC3CCC2C3)cs1. The monoisotopic (exact) mass is 236 g/mol. The van der Waals surface area contributed by atoms with Gasteiger partial charge in [-0.2, -0.15) is 0 Å². The van der Waals surface area contributed by atoms with E-state index < -0.39 is 0 Å². The van der Waals surface area contributed by atoms with Crippen molar-refractivity contribution in [1.82, 2.24) is 10.3 Å². The zero-order valence-electron chi connectivity index (χ0n) is 10.1. The number of rotatable bonds is 3. The Bertz CT molecular complexity index is 374. The van der Waals surface area contributed by atoms with E-state index in [1.165, 1.54) is 36.4 Å². The van der Waals surface area contributed by atoms with E-state index in [2.05, 4.69) is 29.5 Å². The highest BCUT2D eigenvalue weighted by molar-refractivity contribution is 7.09. The smallest absolute Gasteiger partial charge is 0.0898 e. The lowest BCUT2D eigenvalue weighted by Crippen LogP contribution is -2.35. The predicted octanol–water partition coefficient (Wildman–Crippen LogP) is 3.29. The quantitative estimate of drug-likeness (QED) is 0.871. The Morgan fingerprint density at radius 1 is 1.44 bits per heavy atom. The summed E-state index contributed by atoms with van der Waals surface area (Å²) in [5, 5.41) is 7.16. The molecule has 88 valence electrons. The molecule has 1 aromatic heterocycles. The van der Waals surface area contributed by atoms with Crippen LogP contribution in [0.15, 0.2) is 5.38 Å². The first-order chi connectivity index (χ1) is 7.72. The Balaban J connectivity index is 1.62. The molecule has 2 nitrogen and oxygen atoms in total. The van der Waals surface area contributed by atoms with Crippen molar-refractivity contribution >= 4 is 11.3 Å². The molecule has 0 aromatic carbocycles. The molecule has 2 bridgehead atoms. The van der Waals surface area contributed by atoms with Crippen molar-refractivity contribution in [3.05, 3.63) is 16.1 Å². The average Bonchev–Trinajstić information content (AvgIpc) is 2.92. The maximum absolute atomic E-state index is 4.57. The third kappa shape index (κ3) is 1.91. The molecule has 0 aliphatic heterocycles. The van der Waals surface area contributed by atoms with Crippen LogP contribution in [0, 0.1) is 18.8 Å². The fourth-order valence-corrected chi connectivity index (χ4v) is 4.14. The molecule has 1 aromatic rings. The minimum Gasteiger partial charge on any atom is -0.306 e. The van der Waals surface area contributed by atoms with Crippen LogP contribution in [0.25, 0.3) is 0 Å². The van der Waals surface area contributed by atoms with E-state index in [9.17, 15) is 0 Å². The Labute approximate surface area is 101 Å². The van der Waals surface area contributed by atoms with Gasteiger partial charge in [0.1, 0.15) is 0 Å². The number of hydrogen-bond acceptors (Lipinski definition) is 3. The fourth-order valence-electron chi connectivity index (χ4n) is 3.43. The number of nitrogens with one attached hydrogen (secondary N) is 1. The minimum absolute atomic E-state index is 0.425. The van der Waals surface area contributed by atoms with Crippen LogP contribution in [0.2, 0.25) is 0 Å². The third-order valence-electron chi connectivity index (χ3n) is 4.28. The molecule has 2 fully saturated rings. The molecule has 2 aliphatic carbocycles. The normalized spacial score (nSPS) is 34.5. The molecule has 2 saturated carbocycles. The lowest BCUT2D eigenvalue weighted by atomic mass is 9.94. The summed E-state index contributed by atoms with van der Waals surface area (Å²) >= 11 is 1.75. The van der Waals surface area contributed by atoms with Gasteiger partial charge in [0, 0.05) is 17.5 Å². The molecule has 16 heavy (non-hydrogen) atoms. The van der Waals surface area contributed by atoms with Gasteiger partial charge in [-0.15, -0.1) is 11.3 Å². The fraction of sp³-hybridized carbons (Fsp3) is 0.769. The number of aryl methyl sites for hydroxylation is 1. The van der Waals surface area contributed by atoms with Crippen molar-refractivity contribution in [1.29, 1.82) is 0 Å². The summed E-state index contributed by atoms with van der Waals surface area (Å²) in [6.45, 7) is 4.33. The van der Waals surface area contributed by atoms with E-state index in [4.69, 9.17) is 0 Å². The van der Waals surface area contributed by atoms with Crippen LogP contribution < -0.4 is 5.32 Å². The predicted molar refractivity (Wildman–Crippen MR) is 67.6 cm³/mol. The van der Waals surface area contributed by atoms with E-state index in [0.717, 1.165) is 17.9 Å². The van der Waals surface area contributed by atoms with Crippen LogP contribution in [0.4, 0.5) is 0 Å². The molecule has 0 spiro atoms. The highest BCUT2D eigenvalue weighted by Crippen LogP contribution is 2.45. The second-order valence-corrected chi connectivity index (χ2v) is 6.52. The van der Waals surface area contributed by atoms with Gasteiger partial charge >= 0.3 is 0 Å². The third-order valence-corrected chi connectivity index (χ3v) is 5.07. The molecule has 0 saturated heterocycles. The van der Waals surface area contributed by atoms with Crippen molar-refractivity contribution in [2.45, 2.75) is 51.6 Å². The van der Waals surface area contributed by atoms with E-state index in [0.29, 0.717) is 6.04 Å². The molecule has 1 heterocycles. The summed E-state index contributed by atoms with van der Waals surface area (Å²) in [6.07, 6.45) is 5.80. The molecule has 2 aliphatic rings. The Kier molecular flexibility index (Phi) is 2.76. The van der Waals surface area contributed by atoms with Crippen LogP contribution in [0.1, 0.15) is 49.4 Å². The summed E-state index contributed by atoms with van der Waals surface area (Å²) in [6, 6.07) is 1.19. The number of hydrogen-bond donors (Lipinski definition) is 1. The van der Waals surface area contributed by atoms with Gasteiger partial charge in [0.05, 0.1) is 10.7 Å². The van der Waals surface area contributed by atoms with Crippen molar-refractivity contribution in [2.75, 3.05) is 0 Å². The molecule has 3 rings (SSSR count). The first kappa shape index (κ1) is 10.7. The maximum Gasteiger partial charge on any atom is 0.0898 e. The zero-order chi connectivity index (χ0) is 11.1. The lowest BCUT2D eigenvalue weighted by Gasteiger charge is -2.26.